The molecule has 1 N–H and O–H groups in total. The highest BCUT2D eigenvalue weighted by Gasteiger charge is 2.31. The van der Waals surface area contributed by atoms with E-state index in [4.69, 9.17) is 4.74 Å². The fourth-order valence-electron chi connectivity index (χ4n) is 2.75. The van der Waals surface area contributed by atoms with Gasteiger partial charge in [-0.15, -0.1) is 12.4 Å². The topological polar surface area (TPSA) is 41.6 Å². The maximum absolute atomic E-state index is 12.1. The number of nitrogens with zero attached hydrogens (tertiary/aromatic N) is 1. The van der Waals surface area contributed by atoms with Crippen molar-refractivity contribution < 1.29 is 9.53 Å². The zero-order valence-corrected chi connectivity index (χ0v) is 13.0. The number of hydrogen-bond acceptors (Lipinski definition) is 3. The molecule has 3 rings (SSSR count). The number of carbonyl (C=O) groups is 1. The summed E-state index contributed by atoms with van der Waals surface area (Å²) in [5.41, 5.74) is 1.21. The molecule has 0 bridgehead atoms. The Morgan fingerprint density at radius 3 is 2.43 bits per heavy atom. The Labute approximate surface area is 132 Å². The number of carbonyl (C=O) groups excluding carboxylic acids is 1. The van der Waals surface area contributed by atoms with Crippen molar-refractivity contribution in [3.63, 3.8) is 0 Å². The zero-order valence-electron chi connectivity index (χ0n) is 12.2. The van der Waals surface area contributed by atoms with Crippen LogP contribution in [0.5, 0.6) is 0 Å². The molecule has 1 aromatic carbocycles. The Morgan fingerprint density at radius 1 is 1.19 bits per heavy atom. The van der Waals surface area contributed by atoms with Crippen LogP contribution in [0.15, 0.2) is 30.3 Å². The standard InChI is InChI=1S/C16H22N2O2.ClH/c19-16(14-10-17-11-14)18-8-6-15(7-9-18)20-12-13-4-2-1-3-5-13;/h1-5,14-15,17H,6-12H2;1H. The third-order valence-corrected chi connectivity index (χ3v) is 4.21. The van der Waals surface area contributed by atoms with E-state index >= 15 is 0 Å². The summed E-state index contributed by atoms with van der Waals surface area (Å²) in [6.07, 6.45) is 2.20. The Hall–Kier alpha value is -1.10. The lowest BCUT2D eigenvalue weighted by Gasteiger charge is -2.36. The molecule has 1 amide bonds. The second kappa shape index (κ2) is 7.78. The molecular weight excluding hydrogens is 288 g/mol. The largest absolute Gasteiger partial charge is 0.373 e. The molecule has 4 nitrogen and oxygen atoms in total. The molecule has 0 aromatic heterocycles. The summed E-state index contributed by atoms with van der Waals surface area (Å²) in [5, 5.41) is 3.16. The Morgan fingerprint density at radius 2 is 1.86 bits per heavy atom. The molecule has 116 valence electrons. The molecule has 21 heavy (non-hydrogen) atoms. The van der Waals surface area contributed by atoms with Gasteiger partial charge in [0.25, 0.3) is 0 Å². The summed E-state index contributed by atoms with van der Waals surface area (Å²) in [5.74, 6) is 0.544. The van der Waals surface area contributed by atoms with Gasteiger partial charge < -0.3 is 15.0 Å². The molecule has 0 aliphatic carbocycles. The summed E-state index contributed by atoms with van der Waals surface area (Å²) < 4.78 is 5.95. The van der Waals surface area contributed by atoms with E-state index in [1.165, 1.54) is 5.56 Å². The molecule has 0 atom stereocenters. The summed E-state index contributed by atoms with van der Waals surface area (Å²) >= 11 is 0. The maximum Gasteiger partial charge on any atom is 0.228 e. The van der Waals surface area contributed by atoms with Gasteiger partial charge in [-0.25, -0.2) is 0 Å². The van der Waals surface area contributed by atoms with Gasteiger partial charge in [0.2, 0.25) is 5.91 Å². The van der Waals surface area contributed by atoms with Crippen molar-refractivity contribution in [1.82, 2.24) is 10.2 Å². The van der Waals surface area contributed by atoms with Crippen molar-refractivity contribution in [2.45, 2.75) is 25.6 Å². The number of benzene rings is 1. The van der Waals surface area contributed by atoms with Crippen LogP contribution >= 0.6 is 12.4 Å². The van der Waals surface area contributed by atoms with Crippen molar-refractivity contribution in [3.8, 4) is 0 Å². The highest BCUT2D eigenvalue weighted by molar-refractivity contribution is 5.85. The van der Waals surface area contributed by atoms with Crippen molar-refractivity contribution in [3.05, 3.63) is 35.9 Å². The normalized spacial score (nSPS) is 19.7. The lowest BCUT2D eigenvalue weighted by Crippen LogP contribution is -2.53. The minimum Gasteiger partial charge on any atom is -0.373 e. The first kappa shape index (κ1) is 16.3. The van der Waals surface area contributed by atoms with Crippen LogP contribution in [0.2, 0.25) is 0 Å². The van der Waals surface area contributed by atoms with E-state index in [-0.39, 0.29) is 18.3 Å². The van der Waals surface area contributed by atoms with Crippen LogP contribution in [0.4, 0.5) is 0 Å². The van der Waals surface area contributed by atoms with Crippen LogP contribution in [-0.4, -0.2) is 43.1 Å². The fourth-order valence-corrected chi connectivity index (χ4v) is 2.75. The molecule has 1 aromatic rings. The average molecular weight is 311 g/mol. The first-order valence-electron chi connectivity index (χ1n) is 7.48. The monoisotopic (exact) mass is 310 g/mol. The van der Waals surface area contributed by atoms with E-state index in [1.807, 2.05) is 23.1 Å². The second-order valence-electron chi connectivity index (χ2n) is 5.68. The summed E-state index contributed by atoms with van der Waals surface area (Å²) in [6.45, 7) is 4.06. The molecule has 2 heterocycles. The van der Waals surface area contributed by atoms with Gasteiger partial charge in [-0.05, 0) is 18.4 Å². The van der Waals surface area contributed by atoms with Gasteiger partial charge in [-0.2, -0.15) is 0 Å². The number of rotatable bonds is 4. The summed E-state index contributed by atoms with van der Waals surface area (Å²) in [6, 6.07) is 10.3. The molecule has 0 spiro atoms. The van der Waals surface area contributed by atoms with Crippen molar-refractivity contribution in [2.75, 3.05) is 26.2 Å². The number of piperidine rings is 1. The number of hydrogen-bond donors (Lipinski definition) is 1. The van der Waals surface area contributed by atoms with E-state index in [2.05, 4.69) is 17.4 Å². The number of ether oxygens (including phenoxy) is 1. The van der Waals surface area contributed by atoms with Crippen molar-refractivity contribution in [2.24, 2.45) is 5.92 Å². The lowest BCUT2D eigenvalue weighted by atomic mass is 9.99. The first-order valence-corrected chi connectivity index (χ1v) is 7.48. The van der Waals surface area contributed by atoms with E-state index in [0.29, 0.717) is 18.6 Å². The van der Waals surface area contributed by atoms with Crippen molar-refractivity contribution in [1.29, 1.82) is 0 Å². The Balaban J connectivity index is 0.00000161. The predicted molar refractivity (Wildman–Crippen MR) is 84.4 cm³/mol. The van der Waals surface area contributed by atoms with Gasteiger partial charge in [0.05, 0.1) is 18.6 Å². The number of nitrogens with one attached hydrogen (secondary N) is 1. The molecular formula is C16H23ClN2O2. The summed E-state index contributed by atoms with van der Waals surface area (Å²) in [4.78, 5) is 14.1. The fraction of sp³-hybridized carbons (Fsp3) is 0.562. The molecule has 0 radical (unpaired) electrons. The minimum absolute atomic E-state index is 0. The van der Waals surface area contributed by atoms with Gasteiger partial charge >= 0.3 is 0 Å². The second-order valence-corrected chi connectivity index (χ2v) is 5.68. The van der Waals surface area contributed by atoms with Crippen LogP contribution in [0.1, 0.15) is 18.4 Å². The number of likely N-dealkylation sites (tertiary alicyclic amines) is 1. The molecule has 2 saturated heterocycles. The van der Waals surface area contributed by atoms with Crippen LogP contribution in [0.3, 0.4) is 0 Å². The average Bonchev–Trinajstić information content (AvgIpc) is 2.45. The summed E-state index contributed by atoms with van der Waals surface area (Å²) in [7, 11) is 0. The molecule has 2 aliphatic heterocycles. The van der Waals surface area contributed by atoms with E-state index in [0.717, 1.165) is 39.0 Å². The Kier molecular flexibility index (Phi) is 6.03. The van der Waals surface area contributed by atoms with E-state index in [1.54, 1.807) is 0 Å². The van der Waals surface area contributed by atoms with Gasteiger partial charge in [0, 0.05) is 26.2 Å². The molecule has 5 heteroatoms. The van der Waals surface area contributed by atoms with E-state index in [9.17, 15) is 4.79 Å². The van der Waals surface area contributed by atoms with Gasteiger partial charge in [-0.3, -0.25) is 4.79 Å². The molecule has 2 fully saturated rings. The van der Waals surface area contributed by atoms with Crippen molar-refractivity contribution >= 4 is 18.3 Å². The number of halogens is 1. The zero-order chi connectivity index (χ0) is 13.8. The van der Waals surface area contributed by atoms with Gasteiger partial charge in [0.1, 0.15) is 0 Å². The first-order chi connectivity index (χ1) is 9.83. The van der Waals surface area contributed by atoms with Gasteiger partial charge in [0.15, 0.2) is 0 Å². The van der Waals surface area contributed by atoms with Crippen LogP contribution in [0, 0.1) is 5.92 Å². The van der Waals surface area contributed by atoms with Crippen LogP contribution in [-0.2, 0) is 16.1 Å². The molecule has 2 aliphatic rings. The number of amides is 1. The third-order valence-electron chi connectivity index (χ3n) is 4.21. The maximum atomic E-state index is 12.1. The van der Waals surface area contributed by atoms with E-state index < -0.39 is 0 Å². The predicted octanol–water partition coefficient (Wildman–Crippen LogP) is 1.84. The smallest absolute Gasteiger partial charge is 0.228 e. The highest BCUT2D eigenvalue weighted by atomic mass is 35.5. The third kappa shape index (κ3) is 4.19. The van der Waals surface area contributed by atoms with Crippen LogP contribution in [0.25, 0.3) is 0 Å². The van der Waals surface area contributed by atoms with Gasteiger partial charge in [-0.1, -0.05) is 30.3 Å². The highest BCUT2D eigenvalue weighted by Crippen LogP contribution is 2.18. The minimum atomic E-state index is 0. The quantitative estimate of drug-likeness (QED) is 0.922. The SMILES string of the molecule is Cl.O=C(C1CNC1)N1CCC(OCc2ccccc2)CC1. The molecule has 0 unspecified atom stereocenters. The molecule has 0 saturated carbocycles. The lowest BCUT2D eigenvalue weighted by molar-refractivity contribution is -0.139. The van der Waals surface area contributed by atoms with Crippen LogP contribution < -0.4 is 5.32 Å². The Bertz CT molecular complexity index is 443.